The van der Waals surface area contributed by atoms with Gasteiger partial charge in [-0.1, -0.05) is 57.2 Å². The van der Waals surface area contributed by atoms with Crippen LogP contribution in [0.2, 0.25) is 39.3 Å². The normalized spacial score (nSPS) is 11.2. The van der Waals surface area contributed by atoms with E-state index in [0.717, 1.165) is 11.1 Å². The number of hydrogen-bond donors (Lipinski definition) is 0. The van der Waals surface area contributed by atoms with E-state index in [9.17, 15) is 0 Å². The average molecular weight is 299 g/mol. The van der Waals surface area contributed by atoms with Crippen LogP contribution in [0.25, 0.3) is 0 Å². The molecule has 0 spiro atoms. The fourth-order valence-electron chi connectivity index (χ4n) is 1.59. The molecule has 1 aromatic rings. The van der Waals surface area contributed by atoms with Gasteiger partial charge >= 0.3 is 0 Å². The van der Waals surface area contributed by atoms with Crippen LogP contribution in [0.4, 0.5) is 0 Å². The van der Waals surface area contributed by atoms with Crippen molar-refractivity contribution >= 4 is 16.1 Å². The molecule has 0 saturated heterocycles. The Bertz CT molecular complexity index is 618. The van der Waals surface area contributed by atoms with Crippen molar-refractivity contribution in [1.82, 2.24) is 0 Å². The van der Waals surface area contributed by atoms with E-state index in [1.807, 2.05) is 0 Å². The van der Waals surface area contributed by atoms with Crippen LogP contribution < -0.4 is 0 Å². The minimum Gasteiger partial charge on any atom is -0.127 e. The van der Waals surface area contributed by atoms with Crippen molar-refractivity contribution < 1.29 is 0 Å². The molecule has 20 heavy (non-hydrogen) atoms. The standard InChI is InChI=1S/C18H26Si2/c1-15-9-10-17(11-13-19(3,4)5)18(16(15)2)12-14-20(6,7)8/h9-10H,1-8H3. The summed E-state index contributed by atoms with van der Waals surface area (Å²) in [4.78, 5) is 0. The zero-order chi connectivity index (χ0) is 15.6. The second kappa shape index (κ2) is 6.04. The van der Waals surface area contributed by atoms with Gasteiger partial charge in [-0.2, -0.15) is 0 Å². The minimum absolute atomic E-state index is 1.10. The van der Waals surface area contributed by atoms with Crippen LogP contribution in [0.15, 0.2) is 12.1 Å². The molecule has 2 heteroatoms. The number of rotatable bonds is 0. The van der Waals surface area contributed by atoms with Crippen LogP contribution in [0.5, 0.6) is 0 Å². The molecule has 0 nitrogen and oxygen atoms in total. The Morgan fingerprint density at radius 2 is 1.25 bits per heavy atom. The molecule has 0 bridgehead atoms. The first kappa shape index (κ1) is 16.8. The number of aryl methyl sites for hydroxylation is 1. The largest absolute Gasteiger partial charge is 0.129 e. The van der Waals surface area contributed by atoms with Crippen molar-refractivity contribution in [2.45, 2.75) is 53.1 Å². The molecule has 0 heterocycles. The summed E-state index contributed by atoms with van der Waals surface area (Å²) in [5.41, 5.74) is 11.7. The fraction of sp³-hybridized carbons (Fsp3) is 0.444. The number of hydrogen-bond acceptors (Lipinski definition) is 0. The van der Waals surface area contributed by atoms with E-state index < -0.39 is 16.1 Å². The van der Waals surface area contributed by atoms with Crippen LogP contribution in [-0.4, -0.2) is 16.1 Å². The number of benzene rings is 1. The van der Waals surface area contributed by atoms with Crippen molar-refractivity contribution in [2.24, 2.45) is 0 Å². The third-order valence-electron chi connectivity index (χ3n) is 2.87. The second-order valence-corrected chi connectivity index (χ2v) is 16.9. The summed E-state index contributed by atoms with van der Waals surface area (Å²) < 4.78 is 0. The molecule has 0 saturated carbocycles. The summed E-state index contributed by atoms with van der Waals surface area (Å²) in [6, 6.07) is 4.28. The SMILES string of the molecule is Cc1ccc(C#C[Si](C)(C)C)c(C#C[Si](C)(C)C)c1C. The Morgan fingerprint density at radius 3 is 1.75 bits per heavy atom. The van der Waals surface area contributed by atoms with Gasteiger partial charge in [-0.05, 0) is 31.0 Å². The van der Waals surface area contributed by atoms with Crippen LogP contribution in [0.1, 0.15) is 22.3 Å². The summed E-state index contributed by atoms with van der Waals surface area (Å²) in [6.45, 7) is 17.9. The topological polar surface area (TPSA) is 0 Å². The van der Waals surface area contributed by atoms with E-state index in [0.29, 0.717) is 0 Å². The predicted octanol–water partition coefficient (Wildman–Crippen LogP) is 4.76. The van der Waals surface area contributed by atoms with E-state index in [-0.39, 0.29) is 0 Å². The molecule has 1 rings (SSSR count). The van der Waals surface area contributed by atoms with E-state index in [4.69, 9.17) is 0 Å². The third-order valence-corrected chi connectivity index (χ3v) is 4.62. The first-order valence-corrected chi connectivity index (χ1v) is 14.2. The molecule has 0 fully saturated rings. The van der Waals surface area contributed by atoms with Gasteiger partial charge in [-0.25, -0.2) is 0 Å². The van der Waals surface area contributed by atoms with E-state index in [1.54, 1.807) is 0 Å². The zero-order valence-electron chi connectivity index (χ0n) is 14.2. The van der Waals surface area contributed by atoms with Gasteiger partial charge in [0.2, 0.25) is 0 Å². The average Bonchev–Trinajstić information content (AvgIpc) is 2.27. The van der Waals surface area contributed by atoms with Gasteiger partial charge in [0, 0.05) is 11.1 Å². The molecule has 0 aliphatic rings. The lowest BCUT2D eigenvalue weighted by molar-refractivity contribution is 1.31. The van der Waals surface area contributed by atoms with Gasteiger partial charge in [0.25, 0.3) is 0 Å². The molecule has 0 amide bonds. The predicted molar refractivity (Wildman–Crippen MR) is 96.4 cm³/mol. The molecule has 0 atom stereocenters. The molecule has 0 aliphatic carbocycles. The Morgan fingerprint density at radius 1 is 0.750 bits per heavy atom. The van der Waals surface area contributed by atoms with Crippen LogP contribution in [0, 0.1) is 36.8 Å². The van der Waals surface area contributed by atoms with Crippen LogP contribution in [-0.2, 0) is 0 Å². The lowest BCUT2D eigenvalue weighted by Crippen LogP contribution is -2.17. The first-order chi connectivity index (χ1) is 8.99. The fourth-order valence-corrected chi connectivity index (χ4v) is 2.60. The van der Waals surface area contributed by atoms with Gasteiger partial charge in [-0.3, -0.25) is 0 Å². The van der Waals surface area contributed by atoms with Crippen molar-refractivity contribution in [1.29, 1.82) is 0 Å². The van der Waals surface area contributed by atoms with Gasteiger partial charge in [-0.15, -0.1) is 11.1 Å². The van der Waals surface area contributed by atoms with Gasteiger partial charge in [0.1, 0.15) is 16.1 Å². The second-order valence-electron chi connectivity index (χ2n) is 7.43. The Labute approximate surface area is 127 Å². The molecule has 0 aromatic heterocycles. The van der Waals surface area contributed by atoms with Crippen LogP contribution in [0.3, 0.4) is 0 Å². The van der Waals surface area contributed by atoms with E-state index in [1.165, 1.54) is 11.1 Å². The first-order valence-electron chi connectivity index (χ1n) is 7.16. The monoisotopic (exact) mass is 298 g/mol. The molecule has 0 aliphatic heterocycles. The maximum atomic E-state index is 3.48. The van der Waals surface area contributed by atoms with Crippen molar-refractivity contribution in [3.05, 3.63) is 34.4 Å². The zero-order valence-corrected chi connectivity index (χ0v) is 16.2. The molecule has 0 unspecified atom stereocenters. The molecular weight excluding hydrogens is 272 g/mol. The lowest BCUT2D eigenvalue weighted by Gasteiger charge is -2.09. The van der Waals surface area contributed by atoms with E-state index in [2.05, 4.69) is 88.2 Å². The third kappa shape index (κ3) is 5.41. The lowest BCUT2D eigenvalue weighted by atomic mass is 9.99. The summed E-state index contributed by atoms with van der Waals surface area (Å²) >= 11 is 0. The Kier molecular flexibility index (Phi) is 5.08. The summed E-state index contributed by atoms with van der Waals surface area (Å²) in [7, 11) is -2.72. The Balaban J connectivity index is 3.42. The highest BCUT2D eigenvalue weighted by molar-refractivity contribution is 6.84. The van der Waals surface area contributed by atoms with Crippen molar-refractivity contribution in [3.63, 3.8) is 0 Å². The molecule has 0 radical (unpaired) electrons. The molecule has 0 N–H and O–H groups in total. The smallest absolute Gasteiger partial charge is 0.127 e. The van der Waals surface area contributed by atoms with Crippen LogP contribution >= 0.6 is 0 Å². The van der Waals surface area contributed by atoms with E-state index >= 15 is 0 Å². The van der Waals surface area contributed by atoms with Crippen molar-refractivity contribution in [3.8, 4) is 22.9 Å². The highest BCUT2D eigenvalue weighted by atomic mass is 28.3. The highest BCUT2D eigenvalue weighted by Crippen LogP contribution is 2.17. The van der Waals surface area contributed by atoms with Crippen molar-refractivity contribution in [2.75, 3.05) is 0 Å². The maximum Gasteiger partial charge on any atom is 0.129 e. The minimum atomic E-state index is -1.36. The Hall–Kier alpha value is -1.23. The highest BCUT2D eigenvalue weighted by Gasteiger charge is 2.11. The summed E-state index contributed by atoms with van der Waals surface area (Å²) in [5.74, 6) is 6.81. The summed E-state index contributed by atoms with van der Waals surface area (Å²) in [6.07, 6.45) is 0. The van der Waals surface area contributed by atoms with Gasteiger partial charge < -0.3 is 0 Å². The molecular formula is C18H26Si2. The van der Waals surface area contributed by atoms with Gasteiger partial charge in [0.05, 0.1) is 0 Å². The molecule has 106 valence electrons. The quantitative estimate of drug-likeness (QED) is 0.478. The van der Waals surface area contributed by atoms with Gasteiger partial charge in [0.15, 0.2) is 0 Å². The maximum absolute atomic E-state index is 3.48. The summed E-state index contributed by atoms with van der Waals surface area (Å²) in [5, 5.41) is 0. The molecule has 1 aromatic carbocycles.